The van der Waals surface area contributed by atoms with Crippen LogP contribution in [0.25, 0.3) is 0 Å². The smallest absolute Gasteiger partial charge is 0.309 e. The van der Waals surface area contributed by atoms with Gasteiger partial charge in [-0.05, 0) is 36.4 Å². The molecule has 1 aliphatic heterocycles. The van der Waals surface area contributed by atoms with E-state index in [0.717, 1.165) is 37.3 Å². The Morgan fingerprint density at radius 1 is 1.00 bits per heavy atom. The summed E-state index contributed by atoms with van der Waals surface area (Å²) < 4.78 is 13.4. The lowest BCUT2D eigenvalue weighted by Crippen LogP contribution is -2.49. The Kier molecular flexibility index (Phi) is 7.79. The second-order valence-electron chi connectivity index (χ2n) is 7.39. The molecule has 3 rings (SSSR count). The highest BCUT2D eigenvalue weighted by Crippen LogP contribution is 2.22. The molecule has 1 fully saturated rings. The lowest BCUT2D eigenvalue weighted by Gasteiger charge is -2.38. The maximum atomic E-state index is 13.4. The number of nitrogens with one attached hydrogen (secondary N) is 2. The van der Waals surface area contributed by atoms with E-state index in [0.29, 0.717) is 5.02 Å². The minimum Gasteiger partial charge on any atom is -0.346 e. The van der Waals surface area contributed by atoms with Gasteiger partial charge in [0.05, 0.1) is 6.04 Å². The van der Waals surface area contributed by atoms with Crippen LogP contribution < -0.4 is 10.6 Å². The van der Waals surface area contributed by atoms with Crippen LogP contribution in [0.5, 0.6) is 0 Å². The number of benzene rings is 2. The van der Waals surface area contributed by atoms with Gasteiger partial charge in [0.15, 0.2) is 0 Å². The summed E-state index contributed by atoms with van der Waals surface area (Å²) >= 11 is 6.08. The Labute approximate surface area is 181 Å². The molecule has 8 heteroatoms. The third-order valence-corrected chi connectivity index (χ3v) is 5.66. The van der Waals surface area contributed by atoms with E-state index in [1.54, 1.807) is 30.3 Å². The number of hydrogen-bond acceptors (Lipinski definition) is 4. The average molecular weight is 433 g/mol. The third kappa shape index (κ3) is 6.01. The van der Waals surface area contributed by atoms with Gasteiger partial charge in [-0.15, -0.1) is 0 Å². The summed E-state index contributed by atoms with van der Waals surface area (Å²) in [5, 5.41) is 5.84. The molecule has 0 radical (unpaired) electrons. The maximum Gasteiger partial charge on any atom is 0.309 e. The van der Waals surface area contributed by atoms with E-state index < -0.39 is 11.8 Å². The van der Waals surface area contributed by atoms with Crippen molar-refractivity contribution >= 4 is 23.4 Å². The Balaban J connectivity index is 1.59. The molecule has 6 nitrogen and oxygen atoms in total. The van der Waals surface area contributed by atoms with E-state index in [-0.39, 0.29) is 24.9 Å². The number of carbonyl (C=O) groups excluding carboxylic acids is 2. The largest absolute Gasteiger partial charge is 0.346 e. The molecule has 0 aliphatic carbocycles. The van der Waals surface area contributed by atoms with Crippen molar-refractivity contribution in [2.45, 2.75) is 12.6 Å². The van der Waals surface area contributed by atoms with Crippen molar-refractivity contribution in [2.75, 3.05) is 39.8 Å². The van der Waals surface area contributed by atoms with E-state index in [2.05, 4.69) is 27.5 Å². The summed E-state index contributed by atoms with van der Waals surface area (Å²) in [5.74, 6) is -1.73. The molecule has 0 aromatic heterocycles. The third-order valence-electron chi connectivity index (χ3n) is 5.29. The minimum atomic E-state index is -0.717. The predicted octanol–water partition coefficient (Wildman–Crippen LogP) is 2.20. The molecule has 0 bridgehead atoms. The number of hydrogen-bond donors (Lipinski definition) is 2. The zero-order chi connectivity index (χ0) is 21.5. The van der Waals surface area contributed by atoms with Gasteiger partial charge >= 0.3 is 11.8 Å². The molecule has 0 unspecified atom stereocenters. The van der Waals surface area contributed by atoms with Gasteiger partial charge in [-0.3, -0.25) is 14.5 Å². The molecule has 2 aromatic carbocycles. The molecule has 160 valence electrons. The van der Waals surface area contributed by atoms with Gasteiger partial charge in [0.1, 0.15) is 5.82 Å². The van der Waals surface area contributed by atoms with Crippen LogP contribution in [-0.4, -0.2) is 61.4 Å². The molecule has 0 saturated carbocycles. The topological polar surface area (TPSA) is 64.7 Å². The predicted molar refractivity (Wildman–Crippen MR) is 115 cm³/mol. The zero-order valence-corrected chi connectivity index (χ0v) is 17.7. The van der Waals surface area contributed by atoms with Gasteiger partial charge in [0.25, 0.3) is 0 Å². The first-order valence-electron chi connectivity index (χ1n) is 9.91. The minimum absolute atomic E-state index is 0.139. The van der Waals surface area contributed by atoms with E-state index in [1.807, 2.05) is 6.07 Å². The molecular formula is C22H26ClFN4O2. The maximum absolute atomic E-state index is 13.4. The lowest BCUT2D eigenvalue weighted by molar-refractivity contribution is -0.139. The molecule has 2 N–H and O–H groups in total. The number of nitrogens with zero attached hydrogens (tertiary/aromatic N) is 2. The van der Waals surface area contributed by atoms with Crippen LogP contribution in [0, 0.1) is 5.82 Å². The number of amides is 2. The van der Waals surface area contributed by atoms with Crippen LogP contribution >= 0.6 is 11.6 Å². The van der Waals surface area contributed by atoms with Crippen LogP contribution in [-0.2, 0) is 16.1 Å². The van der Waals surface area contributed by atoms with Gasteiger partial charge in [0.2, 0.25) is 0 Å². The van der Waals surface area contributed by atoms with Crippen molar-refractivity contribution < 1.29 is 14.0 Å². The fourth-order valence-corrected chi connectivity index (χ4v) is 3.65. The van der Waals surface area contributed by atoms with Crippen LogP contribution in [0.15, 0.2) is 48.5 Å². The summed E-state index contributed by atoms with van der Waals surface area (Å²) in [5.41, 5.74) is 1.64. The average Bonchev–Trinajstić information content (AvgIpc) is 2.75. The van der Waals surface area contributed by atoms with Gasteiger partial charge in [-0.1, -0.05) is 41.9 Å². The first-order chi connectivity index (χ1) is 14.4. The molecule has 2 amide bonds. The lowest BCUT2D eigenvalue weighted by atomic mass is 10.0. The summed E-state index contributed by atoms with van der Waals surface area (Å²) in [6, 6.07) is 13.3. The summed E-state index contributed by atoms with van der Waals surface area (Å²) in [4.78, 5) is 29.0. The highest BCUT2D eigenvalue weighted by atomic mass is 35.5. The van der Waals surface area contributed by atoms with Crippen LogP contribution in [0.4, 0.5) is 4.39 Å². The van der Waals surface area contributed by atoms with Crippen molar-refractivity contribution in [1.29, 1.82) is 0 Å². The van der Waals surface area contributed by atoms with E-state index in [4.69, 9.17) is 11.6 Å². The second-order valence-corrected chi connectivity index (χ2v) is 7.80. The number of carbonyl (C=O) groups is 2. The van der Waals surface area contributed by atoms with Gasteiger partial charge in [0, 0.05) is 44.3 Å². The Bertz CT molecular complexity index is 870. The standard InChI is InChI=1S/C22H26ClFN4O2/c1-27-10-12-28(13-11-27)20(16-6-8-18(24)9-7-16)15-26-22(30)21(29)25-14-17-4-2-3-5-19(17)23/h2-9,20H,10-15H2,1H3,(H,25,29)(H,26,30)/t20-/m1/s1. The Hall–Kier alpha value is -2.48. The summed E-state index contributed by atoms with van der Waals surface area (Å²) in [7, 11) is 2.06. The molecule has 0 spiro atoms. The second kappa shape index (κ2) is 10.5. The van der Waals surface area contributed by atoms with E-state index in [1.165, 1.54) is 12.1 Å². The molecule has 1 atom stereocenters. The first-order valence-corrected chi connectivity index (χ1v) is 10.3. The number of piperazine rings is 1. The quantitative estimate of drug-likeness (QED) is 0.687. The zero-order valence-electron chi connectivity index (χ0n) is 16.9. The van der Waals surface area contributed by atoms with Crippen LogP contribution in [0.3, 0.4) is 0 Å². The molecular weight excluding hydrogens is 407 g/mol. The van der Waals surface area contributed by atoms with Crippen molar-refractivity contribution in [3.05, 3.63) is 70.5 Å². The summed E-state index contributed by atoms with van der Waals surface area (Å²) in [6.07, 6.45) is 0. The fraction of sp³-hybridized carbons (Fsp3) is 0.364. The van der Waals surface area contributed by atoms with Crippen molar-refractivity contribution in [2.24, 2.45) is 0 Å². The van der Waals surface area contributed by atoms with Crippen molar-refractivity contribution in [3.63, 3.8) is 0 Å². The Morgan fingerprint density at radius 2 is 1.63 bits per heavy atom. The normalized spacial score (nSPS) is 16.1. The molecule has 1 saturated heterocycles. The van der Waals surface area contributed by atoms with Gasteiger partial charge < -0.3 is 15.5 Å². The van der Waals surface area contributed by atoms with Crippen LogP contribution in [0.2, 0.25) is 5.02 Å². The van der Waals surface area contributed by atoms with Crippen molar-refractivity contribution in [1.82, 2.24) is 20.4 Å². The number of likely N-dealkylation sites (N-methyl/N-ethyl adjacent to an activating group) is 1. The van der Waals surface area contributed by atoms with Crippen molar-refractivity contribution in [3.8, 4) is 0 Å². The molecule has 2 aromatic rings. The molecule has 1 heterocycles. The highest BCUT2D eigenvalue weighted by molar-refractivity contribution is 6.35. The Morgan fingerprint density at radius 3 is 2.30 bits per heavy atom. The number of halogens is 2. The van der Waals surface area contributed by atoms with Gasteiger partial charge in [-0.2, -0.15) is 0 Å². The first kappa shape index (κ1) is 22.2. The summed E-state index contributed by atoms with van der Waals surface area (Å²) in [6.45, 7) is 3.90. The van der Waals surface area contributed by atoms with E-state index >= 15 is 0 Å². The molecule has 1 aliphatic rings. The highest BCUT2D eigenvalue weighted by Gasteiger charge is 2.25. The van der Waals surface area contributed by atoms with Crippen LogP contribution in [0.1, 0.15) is 17.2 Å². The SMILES string of the molecule is CN1CCN([C@H](CNC(=O)C(=O)NCc2ccccc2Cl)c2ccc(F)cc2)CC1. The molecule has 30 heavy (non-hydrogen) atoms. The number of rotatable bonds is 6. The fourth-order valence-electron chi connectivity index (χ4n) is 3.44. The van der Waals surface area contributed by atoms with E-state index in [9.17, 15) is 14.0 Å². The van der Waals surface area contributed by atoms with Gasteiger partial charge in [-0.25, -0.2) is 4.39 Å². The monoisotopic (exact) mass is 432 g/mol.